The van der Waals surface area contributed by atoms with Gasteiger partial charge in [-0.1, -0.05) is 0 Å². The van der Waals surface area contributed by atoms with E-state index in [1.807, 2.05) is 0 Å². The van der Waals surface area contributed by atoms with Gasteiger partial charge in [-0.3, -0.25) is 0 Å². The van der Waals surface area contributed by atoms with Gasteiger partial charge in [0.05, 0.1) is 18.1 Å². The van der Waals surface area contributed by atoms with Crippen LogP contribution in [0.3, 0.4) is 0 Å². The van der Waals surface area contributed by atoms with Crippen molar-refractivity contribution in [1.29, 1.82) is 5.26 Å². The van der Waals surface area contributed by atoms with Crippen LogP contribution in [-0.2, 0) is 6.42 Å². The summed E-state index contributed by atoms with van der Waals surface area (Å²) in [5.74, 6) is -1.77. The third-order valence-electron chi connectivity index (χ3n) is 1.84. The summed E-state index contributed by atoms with van der Waals surface area (Å²) in [6, 6.07) is 2.31. The maximum absolute atomic E-state index is 12.5. The van der Waals surface area contributed by atoms with Crippen molar-refractivity contribution in [3.63, 3.8) is 0 Å². The third-order valence-corrected chi connectivity index (χ3v) is 1.84. The highest BCUT2D eigenvalue weighted by atomic mass is 19.4. The Kier molecular flexibility index (Phi) is 3.90. The van der Waals surface area contributed by atoms with Gasteiger partial charge in [-0.25, -0.2) is 8.78 Å². The van der Waals surface area contributed by atoms with Crippen LogP contribution in [0.15, 0.2) is 6.07 Å². The first-order valence-corrected chi connectivity index (χ1v) is 4.44. The molecule has 0 bridgehead atoms. The highest BCUT2D eigenvalue weighted by molar-refractivity contribution is 5.47. The smallest absolute Gasteiger partial charge is 0.387 e. The average molecular weight is 267 g/mol. The van der Waals surface area contributed by atoms with Crippen LogP contribution in [0.5, 0.6) is 5.88 Å². The van der Waals surface area contributed by atoms with Gasteiger partial charge in [-0.2, -0.15) is 10.2 Å². The van der Waals surface area contributed by atoms with Crippen molar-refractivity contribution in [2.24, 2.45) is 0 Å². The van der Waals surface area contributed by atoms with E-state index in [4.69, 9.17) is 11.0 Å². The average Bonchev–Trinajstić information content (AvgIpc) is 2.19. The second-order valence-electron chi connectivity index (χ2n) is 3.11. The van der Waals surface area contributed by atoms with E-state index in [1.165, 1.54) is 0 Å². The molecule has 0 spiro atoms. The second kappa shape index (κ2) is 5.03. The van der Waals surface area contributed by atoms with Crippen LogP contribution in [0.1, 0.15) is 17.6 Å². The number of ether oxygens (including phenoxy) is 1. The minimum absolute atomic E-state index is 0.0812. The summed E-state index contributed by atoms with van der Waals surface area (Å²) >= 11 is 0. The Morgan fingerprint density at radius 1 is 1.44 bits per heavy atom. The monoisotopic (exact) mass is 267 g/mol. The first-order chi connectivity index (χ1) is 8.24. The number of rotatable bonds is 3. The molecule has 0 radical (unpaired) electrons. The molecular formula is C9H6F5N3O. The van der Waals surface area contributed by atoms with Crippen molar-refractivity contribution in [1.82, 2.24) is 4.98 Å². The topological polar surface area (TPSA) is 71.9 Å². The number of nitriles is 1. The van der Waals surface area contributed by atoms with Crippen LogP contribution in [-0.4, -0.2) is 11.3 Å². The van der Waals surface area contributed by atoms with E-state index < -0.39 is 30.0 Å². The van der Waals surface area contributed by atoms with Crippen LogP contribution < -0.4 is 10.5 Å². The molecule has 0 saturated heterocycles. The van der Waals surface area contributed by atoms with Crippen molar-refractivity contribution >= 4 is 5.82 Å². The molecule has 4 nitrogen and oxygen atoms in total. The fourth-order valence-electron chi connectivity index (χ4n) is 1.14. The van der Waals surface area contributed by atoms with E-state index in [1.54, 1.807) is 6.07 Å². The summed E-state index contributed by atoms with van der Waals surface area (Å²) in [6.07, 6.45) is -8.72. The number of alkyl halides is 5. The van der Waals surface area contributed by atoms with E-state index in [9.17, 15) is 22.0 Å². The highest BCUT2D eigenvalue weighted by Gasteiger charge is 2.34. The number of anilines is 1. The largest absolute Gasteiger partial charge is 0.574 e. The lowest BCUT2D eigenvalue weighted by Gasteiger charge is -2.13. The van der Waals surface area contributed by atoms with Crippen molar-refractivity contribution < 1.29 is 26.7 Å². The first kappa shape index (κ1) is 14.0. The summed E-state index contributed by atoms with van der Waals surface area (Å²) in [5, 5.41) is 8.40. The van der Waals surface area contributed by atoms with Gasteiger partial charge in [0.2, 0.25) is 5.88 Å². The predicted octanol–water partition coefficient (Wildman–Crippen LogP) is 2.57. The number of nitrogens with zero attached hydrogens (tertiary/aromatic N) is 2. The fourth-order valence-corrected chi connectivity index (χ4v) is 1.14. The van der Waals surface area contributed by atoms with Gasteiger partial charge >= 0.3 is 6.36 Å². The van der Waals surface area contributed by atoms with Gasteiger partial charge in [-0.15, -0.1) is 13.2 Å². The third kappa shape index (κ3) is 3.44. The van der Waals surface area contributed by atoms with Crippen LogP contribution >= 0.6 is 0 Å². The molecule has 0 fully saturated rings. The maximum atomic E-state index is 12.5. The molecule has 0 saturated carbocycles. The molecule has 1 rings (SSSR count). The quantitative estimate of drug-likeness (QED) is 0.854. The Morgan fingerprint density at radius 2 is 2.06 bits per heavy atom. The minimum atomic E-state index is -5.15. The van der Waals surface area contributed by atoms with Crippen molar-refractivity contribution in [3.8, 4) is 11.9 Å². The zero-order chi connectivity index (χ0) is 13.9. The lowest BCUT2D eigenvalue weighted by atomic mass is 10.1. The Morgan fingerprint density at radius 3 is 2.50 bits per heavy atom. The summed E-state index contributed by atoms with van der Waals surface area (Å²) in [6.45, 7) is 0. The predicted molar refractivity (Wildman–Crippen MR) is 49.6 cm³/mol. The van der Waals surface area contributed by atoms with Crippen molar-refractivity contribution in [2.75, 3.05) is 5.73 Å². The molecule has 0 atom stereocenters. The van der Waals surface area contributed by atoms with E-state index in [0.717, 1.165) is 0 Å². The normalized spacial score (nSPS) is 11.4. The van der Waals surface area contributed by atoms with E-state index in [-0.39, 0.29) is 12.0 Å². The van der Waals surface area contributed by atoms with Gasteiger partial charge in [0.15, 0.2) is 0 Å². The molecule has 9 heteroatoms. The second-order valence-corrected chi connectivity index (χ2v) is 3.11. The van der Waals surface area contributed by atoms with E-state index in [0.29, 0.717) is 6.07 Å². The number of nitrogens with two attached hydrogens (primary N) is 1. The fraction of sp³-hybridized carbons (Fsp3) is 0.333. The SMILES string of the molecule is N#CCc1cc(C(F)F)c(OC(F)(F)F)nc1N. The summed E-state index contributed by atoms with van der Waals surface area (Å²) in [7, 11) is 0. The van der Waals surface area contributed by atoms with Gasteiger partial charge in [0.25, 0.3) is 6.43 Å². The molecule has 98 valence electrons. The van der Waals surface area contributed by atoms with Crippen LogP contribution in [0.25, 0.3) is 0 Å². The van der Waals surface area contributed by atoms with Gasteiger partial charge < -0.3 is 10.5 Å². The summed E-state index contributed by atoms with van der Waals surface area (Å²) < 4.78 is 64.3. The zero-order valence-corrected chi connectivity index (χ0v) is 8.63. The van der Waals surface area contributed by atoms with E-state index in [2.05, 4.69) is 9.72 Å². The molecule has 0 aliphatic carbocycles. The van der Waals surface area contributed by atoms with Gasteiger partial charge in [0, 0.05) is 5.56 Å². The Labute approximate surface area is 97.8 Å². The molecule has 2 N–H and O–H groups in total. The number of hydrogen-bond donors (Lipinski definition) is 1. The molecule has 1 heterocycles. The number of hydrogen-bond acceptors (Lipinski definition) is 4. The number of nitrogen functional groups attached to an aromatic ring is 1. The molecule has 1 aromatic heterocycles. The summed E-state index contributed by atoms with van der Waals surface area (Å²) in [5.41, 5.74) is 4.10. The summed E-state index contributed by atoms with van der Waals surface area (Å²) in [4.78, 5) is 3.10. The van der Waals surface area contributed by atoms with Crippen molar-refractivity contribution in [3.05, 3.63) is 17.2 Å². The van der Waals surface area contributed by atoms with Crippen LogP contribution in [0.4, 0.5) is 27.8 Å². The Bertz CT molecular complexity index is 480. The number of halogens is 5. The lowest BCUT2D eigenvalue weighted by Crippen LogP contribution is -2.20. The number of pyridine rings is 1. The standard InChI is InChI=1S/C9H6F5N3O/c10-6(11)5-3-4(1-2-15)7(16)17-8(5)18-9(12,13)14/h3,6H,1H2,(H2,16,17). The number of aromatic nitrogens is 1. The van der Waals surface area contributed by atoms with Crippen LogP contribution in [0, 0.1) is 11.3 Å². The molecule has 0 aliphatic rings. The molecule has 18 heavy (non-hydrogen) atoms. The van der Waals surface area contributed by atoms with Gasteiger partial charge in [0.1, 0.15) is 5.82 Å². The Balaban J connectivity index is 3.25. The van der Waals surface area contributed by atoms with Crippen molar-refractivity contribution in [2.45, 2.75) is 19.2 Å². The maximum Gasteiger partial charge on any atom is 0.574 e. The minimum Gasteiger partial charge on any atom is -0.387 e. The Hall–Kier alpha value is -2.11. The van der Waals surface area contributed by atoms with Crippen LogP contribution in [0.2, 0.25) is 0 Å². The molecule has 0 amide bonds. The zero-order valence-electron chi connectivity index (χ0n) is 8.63. The lowest BCUT2D eigenvalue weighted by molar-refractivity contribution is -0.276. The van der Waals surface area contributed by atoms with E-state index >= 15 is 0 Å². The molecule has 0 unspecified atom stereocenters. The molecule has 0 aromatic carbocycles. The molecule has 0 aliphatic heterocycles. The molecular weight excluding hydrogens is 261 g/mol. The van der Waals surface area contributed by atoms with Gasteiger partial charge in [-0.05, 0) is 6.07 Å². The highest BCUT2D eigenvalue weighted by Crippen LogP contribution is 2.33. The molecule has 1 aromatic rings. The first-order valence-electron chi connectivity index (χ1n) is 4.44.